The van der Waals surface area contributed by atoms with Crippen molar-refractivity contribution >= 4 is 5.91 Å². The molecule has 0 unspecified atom stereocenters. The van der Waals surface area contributed by atoms with Crippen LogP contribution in [0, 0.1) is 5.92 Å². The molecule has 0 aromatic carbocycles. The summed E-state index contributed by atoms with van der Waals surface area (Å²) in [5, 5.41) is 6.93. The van der Waals surface area contributed by atoms with Gasteiger partial charge in [-0.05, 0) is 56.2 Å². The van der Waals surface area contributed by atoms with Crippen molar-refractivity contribution < 1.29 is 4.79 Å². The van der Waals surface area contributed by atoms with Crippen molar-refractivity contribution in [1.82, 2.24) is 20.0 Å². The average Bonchev–Trinajstić information content (AvgIpc) is 3.03. The predicted molar refractivity (Wildman–Crippen MR) is 82.0 cm³/mol. The molecule has 2 aliphatic heterocycles. The van der Waals surface area contributed by atoms with E-state index in [1.54, 1.807) is 0 Å². The number of hydrogen-bond donors (Lipinski definition) is 1. The van der Waals surface area contributed by atoms with Gasteiger partial charge in [-0.1, -0.05) is 6.92 Å². The first-order valence-corrected chi connectivity index (χ1v) is 8.21. The van der Waals surface area contributed by atoms with Gasteiger partial charge in [0.1, 0.15) is 0 Å². The number of aromatic amines is 1. The number of amides is 1. The van der Waals surface area contributed by atoms with Crippen LogP contribution in [-0.2, 0) is 4.79 Å². The monoisotopic (exact) mass is 290 g/mol. The molecule has 2 aliphatic rings. The topological polar surface area (TPSA) is 52.2 Å². The highest BCUT2D eigenvalue weighted by Crippen LogP contribution is 2.27. The van der Waals surface area contributed by atoms with E-state index in [1.807, 2.05) is 12.4 Å². The smallest absolute Gasteiger partial charge is 0.236 e. The molecule has 5 heteroatoms. The van der Waals surface area contributed by atoms with Gasteiger partial charge in [0.2, 0.25) is 5.91 Å². The van der Waals surface area contributed by atoms with E-state index in [4.69, 9.17) is 0 Å². The molecule has 2 saturated heterocycles. The molecular weight excluding hydrogens is 264 g/mol. The summed E-state index contributed by atoms with van der Waals surface area (Å²) in [7, 11) is 0. The van der Waals surface area contributed by atoms with Crippen molar-refractivity contribution in [3.8, 4) is 0 Å². The Bertz CT molecular complexity index is 443. The van der Waals surface area contributed by atoms with Gasteiger partial charge in [0.25, 0.3) is 0 Å². The summed E-state index contributed by atoms with van der Waals surface area (Å²) < 4.78 is 0. The number of hydrogen-bond acceptors (Lipinski definition) is 3. The van der Waals surface area contributed by atoms with E-state index in [-0.39, 0.29) is 0 Å². The molecule has 1 amide bonds. The molecule has 3 rings (SSSR count). The van der Waals surface area contributed by atoms with Gasteiger partial charge in [0, 0.05) is 19.3 Å². The summed E-state index contributed by atoms with van der Waals surface area (Å²) >= 11 is 0. The Morgan fingerprint density at radius 2 is 1.95 bits per heavy atom. The first-order valence-electron chi connectivity index (χ1n) is 8.21. The molecule has 116 valence electrons. The standard InChI is InChI=1S/C16H26N4O/c1-13-2-8-20(9-3-13)16(21)12-19-6-4-14(5-7-19)15-10-17-18-11-15/h10-11,13-14H,2-9,12H2,1H3,(H,17,18). The van der Waals surface area contributed by atoms with E-state index in [0.717, 1.165) is 57.8 Å². The lowest BCUT2D eigenvalue weighted by atomic mass is 9.91. The third-order valence-electron chi connectivity index (χ3n) is 5.07. The van der Waals surface area contributed by atoms with Gasteiger partial charge in [-0.2, -0.15) is 5.10 Å². The molecule has 0 spiro atoms. The molecule has 1 aromatic heterocycles. The fourth-order valence-corrected chi connectivity index (χ4v) is 3.46. The summed E-state index contributed by atoms with van der Waals surface area (Å²) in [6.45, 7) is 6.82. The molecule has 0 saturated carbocycles. The molecule has 0 radical (unpaired) electrons. The average molecular weight is 290 g/mol. The zero-order valence-electron chi connectivity index (χ0n) is 12.9. The van der Waals surface area contributed by atoms with Crippen LogP contribution >= 0.6 is 0 Å². The lowest BCUT2D eigenvalue weighted by Crippen LogP contribution is -2.45. The van der Waals surface area contributed by atoms with Crippen molar-refractivity contribution in [2.75, 3.05) is 32.7 Å². The number of likely N-dealkylation sites (tertiary alicyclic amines) is 2. The second kappa shape index (κ2) is 6.60. The van der Waals surface area contributed by atoms with E-state index >= 15 is 0 Å². The van der Waals surface area contributed by atoms with Crippen LogP contribution in [0.5, 0.6) is 0 Å². The zero-order chi connectivity index (χ0) is 14.7. The number of nitrogens with one attached hydrogen (secondary N) is 1. The predicted octanol–water partition coefficient (Wildman–Crippen LogP) is 1.85. The molecule has 1 aromatic rings. The molecular formula is C16H26N4O. The van der Waals surface area contributed by atoms with Crippen LogP contribution in [0.4, 0.5) is 0 Å². The third kappa shape index (κ3) is 3.64. The molecule has 0 atom stereocenters. The van der Waals surface area contributed by atoms with Crippen molar-refractivity contribution in [3.63, 3.8) is 0 Å². The number of piperidine rings is 2. The first kappa shape index (κ1) is 14.6. The van der Waals surface area contributed by atoms with Gasteiger partial charge in [-0.3, -0.25) is 14.8 Å². The van der Waals surface area contributed by atoms with Gasteiger partial charge in [0.15, 0.2) is 0 Å². The van der Waals surface area contributed by atoms with Crippen LogP contribution in [0.15, 0.2) is 12.4 Å². The normalized spacial score (nSPS) is 22.6. The highest BCUT2D eigenvalue weighted by Gasteiger charge is 2.25. The van der Waals surface area contributed by atoms with Gasteiger partial charge < -0.3 is 4.90 Å². The number of aromatic nitrogens is 2. The van der Waals surface area contributed by atoms with E-state index < -0.39 is 0 Å². The Balaban J connectivity index is 1.44. The number of carbonyl (C=O) groups excluding carboxylic acids is 1. The number of H-pyrrole nitrogens is 1. The molecule has 0 bridgehead atoms. The summed E-state index contributed by atoms with van der Waals surface area (Å²) in [5.41, 5.74) is 1.31. The lowest BCUT2D eigenvalue weighted by Gasteiger charge is -2.35. The fourth-order valence-electron chi connectivity index (χ4n) is 3.46. The Morgan fingerprint density at radius 3 is 2.57 bits per heavy atom. The van der Waals surface area contributed by atoms with E-state index in [9.17, 15) is 4.79 Å². The van der Waals surface area contributed by atoms with Crippen LogP contribution in [0.25, 0.3) is 0 Å². The summed E-state index contributed by atoms with van der Waals surface area (Å²) in [6, 6.07) is 0. The lowest BCUT2D eigenvalue weighted by molar-refractivity contribution is -0.134. The maximum Gasteiger partial charge on any atom is 0.236 e. The van der Waals surface area contributed by atoms with Crippen LogP contribution in [-0.4, -0.2) is 58.6 Å². The van der Waals surface area contributed by atoms with E-state index in [0.29, 0.717) is 18.4 Å². The minimum Gasteiger partial charge on any atom is -0.342 e. The van der Waals surface area contributed by atoms with Crippen molar-refractivity contribution in [2.45, 2.75) is 38.5 Å². The van der Waals surface area contributed by atoms with Crippen molar-refractivity contribution in [3.05, 3.63) is 18.0 Å². The number of rotatable bonds is 3. The Labute approximate surface area is 126 Å². The third-order valence-corrected chi connectivity index (χ3v) is 5.07. The molecule has 5 nitrogen and oxygen atoms in total. The van der Waals surface area contributed by atoms with Crippen LogP contribution < -0.4 is 0 Å². The van der Waals surface area contributed by atoms with Crippen molar-refractivity contribution in [2.24, 2.45) is 5.92 Å². The summed E-state index contributed by atoms with van der Waals surface area (Å²) in [5.74, 6) is 1.70. The highest BCUT2D eigenvalue weighted by molar-refractivity contribution is 5.78. The van der Waals surface area contributed by atoms with Gasteiger partial charge in [-0.15, -0.1) is 0 Å². The molecule has 3 heterocycles. The molecule has 1 N–H and O–H groups in total. The van der Waals surface area contributed by atoms with Crippen LogP contribution in [0.3, 0.4) is 0 Å². The second-order valence-electron chi connectivity index (χ2n) is 6.65. The van der Waals surface area contributed by atoms with Crippen LogP contribution in [0.1, 0.15) is 44.1 Å². The second-order valence-corrected chi connectivity index (χ2v) is 6.65. The van der Waals surface area contributed by atoms with Crippen molar-refractivity contribution in [1.29, 1.82) is 0 Å². The fraction of sp³-hybridized carbons (Fsp3) is 0.750. The number of carbonyl (C=O) groups is 1. The highest BCUT2D eigenvalue weighted by atomic mass is 16.2. The Morgan fingerprint density at radius 1 is 1.24 bits per heavy atom. The summed E-state index contributed by atoms with van der Waals surface area (Å²) in [6.07, 6.45) is 8.51. The molecule has 0 aliphatic carbocycles. The SMILES string of the molecule is CC1CCN(C(=O)CN2CCC(c3cn[nH]c3)CC2)CC1. The maximum absolute atomic E-state index is 12.4. The maximum atomic E-state index is 12.4. The zero-order valence-corrected chi connectivity index (χ0v) is 12.9. The molecule has 2 fully saturated rings. The Hall–Kier alpha value is -1.36. The van der Waals surface area contributed by atoms with Gasteiger partial charge in [0.05, 0.1) is 12.7 Å². The van der Waals surface area contributed by atoms with E-state index in [1.165, 1.54) is 5.56 Å². The van der Waals surface area contributed by atoms with E-state index in [2.05, 4.69) is 26.9 Å². The summed E-state index contributed by atoms with van der Waals surface area (Å²) in [4.78, 5) is 16.7. The van der Waals surface area contributed by atoms with Gasteiger partial charge in [-0.25, -0.2) is 0 Å². The number of nitrogens with zero attached hydrogens (tertiary/aromatic N) is 3. The first-order chi connectivity index (χ1) is 10.2. The minimum atomic E-state index is 0.323. The quantitative estimate of drug-likeness (QED) is 0.924. The van der Waals surface area contributed by atoms with Crippen LogP contribution in [0.2, 0.25) is 0 Å². The van der Waals surface area contributed by atoms with Gasteiger partial charge >= 0.3 is 0 Å². The minimum absolute atomic E-state index is 0.323. The largest absolute Gasteiger partial charge is 0.342 e. The molecule has 21 heavy (non-hydrogen) atoms. The Kier molecular flexibility index (Phi) is 4.58.